The van der Waals surface area contributed by atoms with E-state index in [1.165, 1.54) is 6.07 Å². The molecule has 1 aromatic heterocycles. The SMILES string of the molecule is CC1(C)Oc2c(ccc3c(=O)c4c(O)cccc4oc23)C[C@@H]1O. The highest BCUT2D eigenvalue weighted by molar-refractivity contribution is 5.95. The first-order valence-electron chi connectivity index (χ1n) is 7.46. The highest BCUT2D eigenvalue weighted by Gasteiger charge is 2.37. The van der Waals surface area contributed by atoms with Crippen LogP contribution in [0.4, 0.5) is 0 Å². The summed E-state index contributed by atoms with van der Waals surface area (Å²) in [4.78, 5) is 12.7. The minimum Gasteiger partial charge on any atom is -0.507 e. The summed E-state index contributed by atoms with van der Waals surface area (Å²) < 4.78 is 11.8. The number of aromatic hydroxyl groups is 1. The van der Waals surface area contributed by atoms with Crippen molar-refractivity contribution >= 4 is 21.9 Å². The topological polar surface area (TPSA) is 79.9 Å². The van der Waals surface area contributed by atoms with Gasteiger partial charge in [-0.1, -0.05) is 12.1 Å². The molecular formula is C18H16O5. The molecule has 5 nitrogen and oxygen atoms in total. The van der Waals surface area contributed by atoms with Gasteiger partial charge in [0.1, 0.15) is 22.3 Å². The Morgan fingerprint density at radius 3 is 2.78 bits per heavy atom. The molecule has 4 rings (SSSR count). The Hall–Kier alpha value is -2.53. The fraction of sp³-hybridized carbons (Fsp3) is 0.278. The van der Waals surface area contributed by atoms with Crippen LogP contribution < -0.4 is 10.2 Å². The average molecular weight is 312 g/mol. The van der Waals surface area contributed by atoms with E-state index in [2.05, 4.69) is 0 Å². The molecule has 0 amide bonds. The molecule has 0 aliphatic carbocycles. The molecule has 0 saturated heterocycles. The van der Waals surface area contributed by atoms with Crippen molar-refractivity contribution in [3.63, 3.8) is 0 Å². The standard InChI is InChI=1S/C18H16O5/c1-18(2)13(20)8-9-6-7-10-15(21)14-11(19)4-3-5-12(14)22-17(10)16(9)23-18/h3-7,13,19-20H,8H2,1-2H3/t13-/m0/s1. The predicted molar refractivity (Wildman–Crippen MR) is 86.1 cm³/mol. The number of phenols is 1. The van der Waals surface area contributed by atoms with Crippen LogP contribution in [-0.4, -0.2) is 21.9 Å². The summed E-state index contributed by atoms with van der Waals surface area (Å²) >= 11 is 0. The van der Waals surface area contributed by atoms with E-state index in [4.69, 9.17) is 9.15 Å². The fourth-order valence-electron chi connectivity index (χ4n) is 3.02. The molecule has 1 aliphatic rings. The van der Waals surface area contributed by atoms with E-state index in [1.807, 2.05) is 0 Å². The van der Waals surface area contributed by atoms with Crippen LogP contribution >= 0.6 is 0 Å². The summed E-state index contributed by atoms with van der Waals surface area (Å²) in [6.45, 7) is 3.59. The van der Waals surface area contributed by atoms with Gasteiger partial charge in [0.05, 0.1) is 11.5 Å². The van der Waals surface area contributed by atoms with Crippen molar-refractivity contribution in [1.29, 1.82) is 0 Å². The van der Waals surface area contributed by atoms with Crippen molar-refractivity contribution in [2.24, 2.45) is 0 Å². The maximum Gasteiger partial charge on any atom is 0.204 e. The largest absolute Gasteiger partial charge is 0.507 e. The van der Waals surface area contributed by atoms with Gasteiger partial charge >= 0.3 is 0 Å². The van der Waals surface area contributed by atoms with Crippen molar-refractivity contribution in [3.05, 3.63) is 46.1 Å². The minimum atomic E-state index is -0.770. The lowest BCUT2D eigenvalue weighted by Crippen LogP contribution is -2.46. The van der Waals surface area contributed by atoms with Gasteiger partial charge in [-0.2, -0.15) is 0 Å². The predicted octanol–water partition coefficient (Wildman–Crippen LogP) is 2.73. The third-order valence-electron chi connectivity index (χ3n) is 4.46. The lowest BCUT2D eigenvalue weighted by molar-refractivity contribution is -0.0406. The fourth-order valence-corrected chi connectivity index (χ4v) is 3.02. The molecule has 0 radical (unpaired) electrons. The van der Waals surface area contributed by atoms with Crippen molar-refractivity contribution in [1.82, 2.24) is 0 Å². The van der Waals surface area contributed by atoms with E-state index in [0.717, 1.165) is 5.56 Å². The van der Waals surface area contributed by atoms with Gasteiger partial charge in [-0.25, -0.2) is 0 Å². The number of aliphatic hydroxyl groups is 1. The van der Waals surface area contributed by atoms with Crippen molar-refractivity contribution in [2.45, 2.75) is 32.0 Å². The summed E-state index contributed by atoms with van der Waals surface area (Å²) in [6, 6.07) is 8.13. The maximum atomic E-state index is 12.7. The van der Waals surface area contributed by atoms with Gasteiger partial charge in [0, 0.05) is 12.0 Å². The molecule has 1 atom stereocenters. The Labute approximate surface area is 131 Å². The van der Waals surface area contributed by atoms with Crippen LogP contribution in [0.1, 0.15) is 19.4 Å². The second kappa shape index (κ2) is 4.49. The van der Waals surface area contributed by atoms with E-state index in [9.17, 15) is 15.0 Å². The van der Waals surface area contributed by atoms with Crippen molar-refractivity contribution < 1.29 is 19.4 Å². The third-order valence-corrected chi connectivity index (χ3v) is 4.46. The summed E-state index contributed by atoms with van der Waals surface area (Å²) in [5.41, 5.74) is 0.392. The van der Waals surface area contributed by atoms with E-state index < -0.39 is 11.7 Å². The summed E-state index contributed by atoms with van der Waals surface area (Å²) in [5, 5.41) is 20.6. The molecule has 3 aromatic rings. The molecule has 23 heavy (non-hydrogen) atoms. The number of hydrogen-bond acceptors (Lipinski definition) is 5. The Morgan fingerprint density at radius 1 is 1.22 bits per heavy atom. The summed E-state index contributed by atoms with van der Waals surface area (Å²) in [7, 11) is 0. The smallest absolute Gasteiger partial charge is 0.204 e. The lowest BCUT2D eigenvalue weighted by Gasteiger charge is -2.37. The second-order valence-electron chi connectivity index (χ2n) is 6.44. The van der Waals surface area contributed by atoms with E-state index in [0.29, 0.717) is 28.7 Å². The number of hydrogen-bond donors (Lipinski definition) is 2. The lowest BCUT2D eigenvalue weighted by atomic mass is 9.90. The molecular weight excluding hydrogens is 296 g/mol. The van der Waals surface area contributed by atoms with Gasteiger partial charge in [0.2, 0.25) is 5.43 Å². The van der Waals surface area contributed by atoms with Crippen LogP contribution in [0.2, 0.25) is 0 Å². The minimum absolute atomic E-state index is 0.104. The monoisotopic (exact) mass is 312 g/mol. The quantitative estimate of drug-likeness (QED) is 0.624. The molecule has 0 spiro atoms. The number of rotatable bonds is 0. The Bertz CT molecular complexity index is 1000. The zero-order valence-electron chi connectivity index (χ0n) is 12.8. The molecule has 118 valence electrons. The van der Waals surface area contributed by atoms with Gasteiger partial charge in [-0.3, -0.25) is 4.79 Å². The second-order valence-corrected chi connectivity index (χ2v) is 6.44. The van der Waals surface area contributed by atoms with Gasteiger partial charge in [0.25, 0.3) is 0 Å². The van der Waals surface area contributed by atoms with Crippen molar-refractivity contribution in [2.75, 3.05) is 0 Å². The van der Waals surface area contributed by atoms with Crippen LogP contribution in [0.15, 0.2) is 39.5 Å². The number of fused-ring (bicyclic) bond motifs is 4. The zero-order valence-corrected chi connectivity index (χ0v) is 12.8. The number of ether oxygens (including phenoxy) is 1. The Balaban J connectivity index is 2.12. The van der Waals surface area contributed by atoms with Crippen LogP contribution in [0.3, 0.4) is 0 Å². The van der Waals surface area contributed by atoms with Gasteiger partial charge in [0.15, 0.2) is 11.3 Å². The van der Waals surface area contributed by atoms with Crippen LogP contribution in [0, 0.1) is 0 Å². The van der Waals surface area contributed by atoms with Gasteiger partial charge < -0.3 is 19.4 Å². The van der Waals surface area contributed by atoms with E-state index >= 15 is 0 Å². The van der Waals surface area contributed by atoms with Crippen LogP contribution in [-0.2, 0) is 6.42 Å². The molecule has 5 heteroatoms. The highest BCUT2D eigenvalue weighted by atomic mass is 16.5. The third kappa shape index (κ3) is 1.93. The van der Waals surface area contributed by atoms with E-state index in [1.54, 1.807) is 38.1 Å². The van der Waals surface area contributed by atoms with Gasteiger partial charge in [-0.05, 0) is 32.0 Å². The Morgan fingerprint density at radius 2 is 2.00 bits per heavy atom. The number of benzene rings is 2. The number of phenolic OH excluding ortho intramolecular Hbond substituents is 1. The first-order chi connectivity index (χ1) is 10.9. The molecule has 0 bridgehead atoms. The molecule has 0 fully saturated rings. The van der Waals surface area contributed by atoms with Gasteiger partial charge in [-0.15, -0.1) is 0 Å². The van der Waals surface area contributed by atoms with E-state index in [-0.39, 0.29) is 16.6 Å². The highest BCUT2D eigenvalue weighted by Crippen LogP contribution is 2.39. The average Bonchev–Trinajstić information content (AvgIpc) is 2.48. The summed E-state index contributed by atoms with van der Waals surface area (Å²) in [5.74, 6) is 0.382. The van der Waals surface area contributed by atoms with Crippen molar-refractivity contribution in [3.8, 4) is 11.5 Å². The summed E-state index contributed by atoms with van der Waals surface area (Å²) in [6.07, 6.45) is -0.205. The molecule has 2 aromatic carbocycles. The van der Waals surface area contributed by atoms with Crippen LogP contribution in [0.5, 0.6) is 11.5 Å². The first-order valence-corrected chi connectivity index (χ1v) is 7.46. The molecule has 0 saturated carbocycles. The molecule has 2 N–H and O–H groups in total. The molecule has 2 heterocycles. The first kappa shape index (κ1) is 14.1. The normalized spacial score (nSPS) is 19.5. The zero-order chi connectivity index (χ0) is 16.4. The molecule has 0 unspecified atom stereocenters. The Kier molecular flexibility index (Phi) is 2.75. The van der Waals surface area contributed by atoms with Crippen LogP contribution in [0.25, 0.3) is 21.9 Å². The number of aliphatic hydroxyl groups excluding tert-OH is 1. The molecule has 1 aliphatic heterocycles. The maximum absolute atomic E-state index is 12.7.